The van der Waals surface area contributed by atoms with E-state index in [1.165, 1.54) is 18.3 Å². The van der Waals surface area contributed by atoms with Gasteiger partial charge in [0.15, 0.2) is 6.61 Å². The van der Waals surface area contributed by atoms with E-state index in [-0.39, 0.29) is 30.1 Å². The third-order valence-electron chi connectivity index (χ3n) is 3.63. The summed E-state index contributed by atoms with van der Waals surface area (Å²) in [7, 11) is 0. The summed E-state index contributed by atoms with van der Waals surface area (Å²) in [5.74, 6) is -0.814. The number of aryl methyl sites for hydroxylation is 1. The van der Waals surface area contributed by atoms with Crippen molar-refractivity contribution in [2.24, 2.45) is 5.92 Å². The zero-order valence-electron chi connectivity index (χ0n) is 16.1. The minimum absolute atomic E-state index is 0.0544. The van der Waals surface area contributed by atoms with Gasteiger partial charge in [0.1, 0.15) is 5.82 Å². The Morgan fingerprint density at radius 2 is 1.93 bits per heavy atom. The quantitative estimate of drug-likeness (QED) is 0.731. The number of carbonyl (C=O) groups is 2. The van der Waals surface area contributed by atoms with E-state index < -0.39 is 18.7 Å². The van der Waals surface area contributed by atoms with E-state index in [4.69, 9.17) is 0 Å². The van der Waals surface area contributed by atoms with Gasteiger partial charge in [0.05, 0.1) is 0 Å². The van der Waals surface area contributed by atoms with Gasteiger partial charge >= 0.3 is 6.18 Å². The summed E-state index contributed by atoms with van der Waals surface area (Å²) < 4.78 is 41.3. The zero-order chi connectivity index (χ0) is 21.6. The van der Waals surface area contributed by atoms with Crippen molar-refractivity contribution in [3.8, 4) is 5.88 Å². The first kappa shape index (κ1) is 22.1. The molecule has 0 saturated heterocycles. The summed E-state index contributed by atoms with van der Waals surface area (Å²) in [4.78, 5) is 32.1. The summed E-state index contributed by atoms with van der Waals surface area (Å²) in [6.07, 6.45) is -3.17. The molecule has 0 spiro atoms. The Kier molecular flexibility index (Phi) is 7.13. The van der Waals surface area contributed by atoms with Crippen LogP contribution in [0.15, 0.2) is 30.5 Å². The maximum Gasteiger partial charge on any atom is 0.422 e. The molecule has 0 atom stereocenters. The van der Waals surface area contributed by atoms with Crippen LogP contribution in [0, 0.1) is 12.8 Å². The van der Waals surface area contributed by atoms with Crippen molar-refractivity contribution >= 4 is 17.6 Å². The van der Waals surface area contributed by atoms with Gasteiger partial charge in [-0.2, -0.15) is 13.2 Å². The molecular weight excluding hydrogens is 389 g/mol. The Hall–Kier alpha value is -3.17. The smallest absolute Gasteiger partial charge is 0.422 e. The standard InChI is InChI=1S/C19H21F3N4O3/c1-11(2)17(27)26-15-8-14(6-12(3)25-15)18(28)24-9-13-4-5-23-16(7-13)29-10-19(20,21)22/h4-8,11H,9-10H2,1-3H3,(H,24,28)(H,25,26,27). The second-order valence-corrected chi connectivity index (χ2v) is 6.62. The van der Waals surface area contributed by atoms with Crippen molar-refractivity contribution in [2.75, 3.05) is 11.9 Å². The summed E-state index contributed by atoms with van der Waals surface area (Å²) >= 11 is 0. The van der Waals surface area contributed by atoms with Gasteiger partial charge in [0, 0.05) is 36.0 Å². The van der Waals surface area contributed by atoms with Crippen LogP contribution in [-0.2, 0) is 11.3 Å². The zero-order valence-corrected chi connectivity index (χ0v) is 16.1. The van der Waals surface area contributed by atoms with E-state index in [2.05, 4.69) is 25.3 Å². The molecule has 7 nitrogen and oxygen atoms in total. The average molecular weight is 410 g/mol. The predicted molar refractivity (Wildman–Crippen MR) is 99.4 cm³/mol. The van der Waals surface area contributed by atoms with E-state index in [1.807, 2.05) is 0 Å². The molecule has 10 heteroatoms. The normalized spacial score (nSPS) is 11.3. The maximum absolute atomic E-state index is 12.4. The molecule has 0 bridgehead atoms. The molecule has 0 aliphatic carbocycles. The van der Waals surface area contributed by atoms with Crippen LogP contribution in [0.4, 0.5) is 19.0 Å². The number of alkyl halides is 3. The van der Waals surface area contributed by atoms with Gasteiger partial charge in [-0.1, -0.05) is 13.8 Å². The van der Waals surface area contributed by atoms with Crippen molar-refractivity contribution < 1.29 is 27.5 Å². The van der Waals surface area contributed by atoms with Crippen LogP contribution in [0.2, 0.25) is 0 Å². The van der Waals surface area contributed by atoms with Gasteiger partial charge in [-0.05, 0) is 30.7 Å². The van der Waals surface area contributed by atoms with Gasteiger partial charge in [0.25, 0.3) is 5.91 Å². The predicted octanol–water partition coefficient (Wildman–Crippen LogP) is 3.25. The minimum Gasteiger partial charge on any atom is -0.468 e. The molecule has 2 N–H and O–H groups in total. The number of nitrogens with one attached hydrogen (secondary N) is 2. The second-order valence-electron chi connectivity index (χ2n) is 6.62. The first-order valence-electron chi connectivity index (χ1n) is 8.76. The molecule has 2 aromatic heterocycles. The molecule has 2 aromatic rings. The Bertz CT molecular complexity index is 885. The summed E-state index contributed by atoms with van der Waals surface area (Å²) in [5, 5.41) is 5.30. The first-order chi connectivity index (χ1) is 13.5. The number of hydrogen-bond acceptors (Lipinski definition) is 5. The number of aromatic nitrogens is 2. The van der Waals surface area contributed by atoms with Gasteiger partial charge in [-0.25, -0.2) is 9.97 Å². The lowest BCUT2D eigenvalue weighted by Gasteiger charge is -2.11. The molecule has 0 aliphatic heterocycles. The van der Waals surface area contributed by atoms with Crippen molar-refractivity contribution in [3.05, 3.63) is 47.3 Å². The highest BCUT2D eigenvalue weighted by molar-refractivity contribution is 5.97. The van der Waals surface area contributed by atoms with Crippen molar-refractivity contribution in [3.63, 3.8) is 0 Å². The maximum atomic E-state index is 12.4. The lowest BCUT2D eigenvalue weighted by atomic mass is 10.2. The molecule has 2 rings (SSSR count). The van der Waals surface area contributed by atoms with Gasteiger partial charge < -0.3 is 15.4 Å². The largest absolute Gasteiger partial charge is 0.468 e. The summed E-state index contributed by atoms with van der Waals surface area (Å²) in [6.45, 7) is 3.77. The fourth-order valence-electron chi connectivity index (χ4n) is 2.21. The number of nitrogens with zero attached hydrogens (tertiary/aromatic N) is 2. The summed E-state index contributed by atoms with van der Waals surface area (Å²) in [6, 6.07) is 5.88. The first-order valence-corrected chi connectivity index (χ1v) is 8.76. The number of anilines is 1. The molecule has 2 heterocycles. The SMILES string of the molecule is Cc1cc(C(=O)NCc2ccnc(OCC(F)(F)F)c2)cc(NC(=O)C(C)C)n1. The summed E-state index contributed by atoms with van der Waals surface area (Å²) in [5.41, 5.74) is 1.35. The fourth-order valence-corrected chi connectivity index (χ4v) is 2.21. The van der Waals surface area contributed by atoms with Gasteiger partial charge in [-0.15, -0.1) is 0 Å². The second kappa shape index (κ2) is 9.35. The minimum atomic E-state index is -4.46. The molecule has 0 unspecified atom stereocenters. The number of hydrogen-bond donors (Lipinski definition) is 2. The lowest BCUT2D eigenvalue weighted by molar-refractivity contribution is -0.154. The van der Waals surface area contributed by atoms with Crippen LogP contribution in [0.1, 0.15) is 35.5 Å². The molecule has 156 valence electrons. The molecule has 0 fully saturated rings. The third kappa shape index (κ3) is 7.40. The van der Waals surface area contributed by atoms with Crippen LogP contribution in [0.5, 0.6) is 5.88 Å². The van der Waals surface area contributed by atoms with E-state index in [0.29, 0.717) is 16.8 Å². The number of carbonyl (C=O) groups excluding carboxylic acids is 2. The van der Waals surface area contributed by atoms with Crippen LogP contribution >= 0.6 is 0 Å². The Morgan fingerprint density at radius 1 is 1.21 bits per heavy atom. The van der Waals surface area contributed by atoms with E-state index in [1.54, 1.807) is 32.9 Å². The van der Waals surface area contributed by atoms with Crippen molar-refractivity contribution in [1.29, 1.82) is 0 Å². The van der Waals surface area contributed by atoms with Crippen molar-refractivity contribution in [2.45, 2.75) is 33.5 Å². The molecule has 0 aromatic carbocycles. The molecule has 2 amide bonds. The fraction of sp³-hybridized carbons (Fsp3) is 0.368. The molecule has 0 saturated carbocycles. The molecule has 29 heavy (non-hydrogen) atoms. The topological polar surface area (TPSA) is 93.2 Å². The average Bonchev–Trinajstić information content (AvgIpc) is 2.63. The number of ether oxygens (including phenoxy) is 1. The number of pyridine rings is 2. The van der Waals surface area contributed by atoms with Gasteiger partial charge in [0.2, 0.25) is 11.8 Å². The monoisotopic (exact) mass is 410 g/mol. The van der Waals surface area contributed by atoms with Crippen LogP contribution in [-0.4, -0.2) is 34.6 Å². The van der Waals surface area contributed by atoms with E-state index >= 15 is 0 Å². The molecule has 0 aliphatic rings. The van der Waals surface area contributed by atoms with Crippen LogP contribution < -0.4 is 15.4 Å². The highest BCUT2D eigenvalue weighted by Crippen LogP contribution is 2.18. The third-order valence-corrected chi connectivity index (χ3v) is 3.63. The Balaban J connectivity index is 2.02. The van der Waals surface area contributed by atoms with Crippen molar-refractivity contribution in [1.82, 2.24) is 15.3 Å². The highest BCUT2D eigenvalue weighted by Gasteiger charge is 2.28. The Labute approximate surface area is 165 Å². The molecular formula is C19H21F3N4O3. The van der Waals surface area contributed by atoms with Crippen LogP contribution in [0.25, 0.3) is 0 Å². The molecule has 0 radical (unpaired) electrons. The van der Waals surface area contributed by atoms with Crippen LogP contribution in [0.3, 0.4) is 0 Å². The lowest BCUT2D eigenvalue weighted by Crippen LogP contribution is -2.24. The number of amides is 2. The number of rotatable bonds is 7. The van der Waals surface area contributed by atoms with E-state index in [9.17, 15) is 22.8 Å². The number of halogens is 3. The Morgan fingerprint density at radius 3 is 2.59 bits per heavy atom. The van der Waals surface area contributed by atoms with E-state index in [0.717, 1.165) is 0 Å². The highest BCUT2D eigenvalue weighted by atomic mass is 19.4. The van der Waals surface area contributed by atoms with Gasteiger partial charge in [-0.3, -0.25) is 9.59 Å².